The third-order valence-corrected chi connectivity index (χ3v) is 2.50. The van der Waals surface area contributed by atoms with Gasteiger partial charge in [-0.2, -0.15) is 0 Å². The average Bonchev–Trinajstić information content (AvgIpc) is 2.18. The van der Waals surface area contributed by atoms with Gasteiger partial charge in [-0.3, -0.25) is 0 Å². The number of ether oxygens (including phenoxy) is 1. The Balaban J connectivity index is 3.16. The van der Waals surface area contributed by atoms with E-state index in [4.69, 9.17) is 16.3 Å². The summed E-state index contributed by atoms with van der Waals surface area (Å²) in [4.78, 5) is 4.60. The summed E-state index contributed by atoms with van der Waals surface area (Å²) >= 11 is 8.09. The van der Waals surface area contributed by atoms with Gasteiger partial charge in [-0.15, -0.1) is 0 Å². The molecule has 0 N–H and O–H groups in total. The topological polar surface area (TPSA) is 30.8 Å². The van der Waals surface area contributed by atoms with Crippen molar-refractivity contribution in [2.45, 2.75) is 0 Å². The Kier molecular flexibility index (Phi) is 4.47. The average molecular weight is 326 g/mol. The molecule has 14 heavy (non-hydrogen) atoms. The first-order valence-corrected chi connectivity index (χ1v) is 5.25. The molecule has 0 aliphatic carbocycles. The van der Waals surface area contributed by atoms with Gasteiger partial charge in [0.2, 0.25) is 0 Å². The molecule has 0 radical (unpaired) electrons. The Bertz CT molecular complexity index is 355. The molecule has 0 amide bonds. The first-order valence-electron chi connectivity index (χ1n) is 3.79. The first-order chi connectivity index (χ1) is 6.69. The number of oxime groups is 1. The van der Waals surface area contributed by atoms with Crippen LogP contribution in [0.4, 0.5) is 0 Å². The molecule has 3 nitrogen and oxygen atoms in total. The molecule has 1 rings (SSSR count). The Morgan fingerprint density at radius 3 is 2.71 bits per heavy atom. The number of hydrogen-bond donors (Lipinski definition) is 0. The van der Waals surface area contributed by atoms with Crippen LogP contribution in [0.25, 0.3) is 0 Å². The van der Waals surface area contributed by atoms with E-state index in [0.717, 1.165) is 9.13 Å². The van der Waals surface area contributed by atoms with Crippen molar-refractivity contribution >= 4 is 39.4 Å². The summed E-state index contributed by atoms with van der Waals surface area (Å²) in [6.45, 7) is 0. The van der Waals surface area contributed by atoms with Gasteiger partial charge < -0.3 is 9.57 Å². The van der Waals surface area contributed by atoms with E-state index in [-0.39, 0.29) is 5.17 Å². The van der Waals surface area contributed by atoms with E-state index in [2.05, 4.69) is 32.6 Å². The zero-order chi connectivity index (χ0) is 10.6. The summed E-state index contributed by atoms with van der Waals surface area (Å²) in [6, 6.07) is 5.65. The molecule has 0 aromatic heterocycles. The molecule has 0 bridgehead atoms. The smallest absolute Gasteiger partial charge is 0.179 e. The molecular formula is C9H9ClINO2. The molecule has 0 heterocycles. The zero-order valence-corrected chi connectivity index (χ0v) is 10.7. The summed E-state index contributed by atoms with van der Waals surface area (Å²) in [7, 11) is 3.03. The lowest BCUT2D eigenvalue weighted by Crippen LogP contribution is -1.97. The van der Waals surface area contributed by atoms with Crippen molar-refractivity contribution in [1.29, 1.82) is 0 Å². The van der Waals surface area contributed by atoms with Crippen LogP contribution in [0.5, 0.6) is 5.75 Å². The summed E-state index contributed by atoms with van der Waals surface area (Å²) in [5.74, 6) is 0.677. The number of methoxy groups -OCH3 is 1. The molecule has 0 spiro atoms. The van der Waals surface area contributed by atoms with Gasteiger partial charge in [-0.05, 0) is 40.8 Å². The van der Waals surface area contributed by atoms with Crippen LogP contribution in [0.3, 0.4) is 0 Å². The standard InChI is InChI=1S/C9H9ClINO2/c1-13-8-4-3-6(11)5-7(8)9(10)12-14-2/h3-5H,1-2H3/b12-9-. The fourth-order valence-corrected chi connectivity index (χ4v) is 1.68. The summed E-state index contributed by atoms with van der Waals surface area (Å²) in [5, 5.41) is 3.92. The van der Waals surface area contributed by atoms with E-state index >= 15 is 0 Å². The molecule has 0 fully saturated rings. The molecular weight excluding hydrogens is 316 g/mol. The van der Waals surface area contributed by atoms with Crippen LogP contribution in [0.2, 0.25) is 0 Å². The van der Waals surface area contributed by atoms with E-state index in [0.29, 0.717) is 5.75 Å². The lowest BCUT2D eigenvalue weighted by atomic mass is 10.2. The van der Waals surface area contributed by atoms with E-state index < -0.39 is 0 Å². The first kappa shape index (κ1) is 11.6. The fourth-order valence-electron chi connectivity index (χ4n) is 0.971. The molecule has 0 aliphatic rings. The van der Waals surface area contributed by atoms with Crippen LogP contribution in [0, 0.1) is 3.57 Å². The van der Waals surface area contributed by atoms with E-state index in [1.165, 1.54) is 7.11 Å². The Morgan fingerprint density at radius 2 is 2.14 bits per heavy atom. The second-order valence-electron chi connectivity index (χ2n) is 2.41. The molecule has 0 saturated heterocycles. The second kappa shape index (κ2) is 5.41. The number of benzene rings is 1. The second-order valence-corrected chi connectivity index (χ2v) is 4.01. The van der Waals surface area contributed by atoms with Crippen LogP contribution in [-0.2, 0) is 4.84 Å². The highest BCUT2D eigenvalue weighted by molar-refractivity contribution is 14.1. The van der Waals surface area contributed by atoms with Crippen LogP contribution < -0.4 is 4.74 Å². The van der Waals surface area contributed by atoms with E-state index in [1.54, 1.807) is 7.11 Å². The zero-order valence-electron chi connectivity index (χ0n) is 7.75. The van der Waals surface area contributed by atoms with E-state index in [9.17, 15) is 0 Å². The van der Waals surface area contributed by atoms with Crippen molar-refractivity contribution in [2.24, 2.45) is 5.16 Å². The molecule has 1 aromatic rings. The maximum atomic E-state index is 5.90. The maximum Gasteiger partial charge on any atom is 0.179 e. The van der Waals surface area contributed by atoms with Gasteiger partial charge in [-0.1, -0.05) is 16.8 Å². The number of halogens is 2. The van der Waals surface area contributed by atoms with Crippen molar-refractivity contribution in [3.8, 4) is 5.75 Å². The number of rotatable bonds is 3. The maximum absolute atomic E-state index is 5.90. The molecule has 5 heteroatoms. The quantitative estimate of drug-likeness (QED) is 0.486. The lowest BCUT2D eigenvalue weighted by molar-refractivity contribution is 0.214. The minimum atomic E-state index is 0.280. The molecule has 0 atom stereocenters. The Hall–Kier alpha value is -0.490. The highest BCUT2D eigenvalue weighted by Crippen LogP contribution is 2.23. The monoisotopic (exact) mass is 325 g/mol. The van der Waals surface area contributed by atoms with Crippen molar-refractivity contribution in [2.75, 3.05) is 14.2 Å². The van der Waals surface area contributed by atoms with Crippen molar-refractivity contribution in [3.63, 3.8) is 0 Å². The number of hydrogen-bond acceptors (Lipinski definition) is 3. The summed E-state index contributed by atoms with van der Waals surface area (Å²) in [5.41, 5.74) is 0.725. The van der Waals surface area contributed by atoms with Gasteiger partial charge in [0.05, 0.1) is 12.7 Å². The molecule has 76 valence electrons. The summed E-state index contributed by atoms with van der Waals surface area (Å²) < 4.78 is 6.20. The predicted octanol–water partition coefficient (Wildman–Crippen LogP) is 2.85. The van der Waals surface area contributed by atoms with Crippen molar-refractivity contribution in [3.05, 3.63) is 27.3 Å². The van der Waals surface area contributed by atoms with Crippen LogP contribution in [0.1, 0.15) is 5.56 Å². The number of nitrogens with zero attached hydrogens (tertiary/aromatic N) is 1. The summed E-state index contributed by atoms with van der Waals surface area (Å²) in [6.07, 6.45) is 0. The van der Waals surface area contributed by atoms with Crippen LogP contribution >= 0.6 is 34.2 Å². The third-order valence-electron chi connectivity index (χ3n) is 1.56. The van der Waals surface area contributed by atoms with Crippen molar-refractivity contribution in [1.82, 2.24) is 0 Å². The SMILES string of the molecule is CO/N=C(\Cl)c1cc(I)ccc1OC. The fraction of sp³-hybridized carbons (Fsp3) is 0.222. The molecule has 0 saturated carbocycles. The van der Waals surface area contributed by atoms with Gasteiger partial charge in [0.25, 0.3) is 0 Å². The minimum Gasteiger partial charge on any atom is -0.496 e. The van der Waals surface area contributed by atoms with Crippen LogP contribution in [0.15, 0.2) is 23.4 Å². The molecule has 0 unspecified atom stereocenters. The van der Waals surface area contributed by atoms with Crippen molar-refractivity contribution < 1.29 is 9.57 Å². The Morgan fingerprint density at radius 1 is 1.43 bits per heavy atom. The molecule has 1 aromatic carbocycles. The normalized spacial score (nSPS) is 11.3. The third kappa shape index (κ3) is 2.75. The Labute approximate surface area is 101 Å². The van der Waals surface area contributed by atoms with Crippen LogP contribution in [-0.4, -0.2) is 19.4 Å². The highest BCUT2D eigenvalue weighted by atomic mass is 127. The van der Waals surface area contributed by atoms with Gasteiger partial charge >= 0.3 is 0 Å². The predicted molar refractivity (Wildman–Crippen MR) is 65.1 cm³/mol. The van der Waals surface area contributed by atoms with Gasteiger partial charge in [0.15, 0.2) is 5.17 Å². The highest BCUT2D eigenvalue weighted by Gasteiger charge is 2.08. The minimum absolute atomic E-state index is 0.280. The van der Waals surface area contributed by atoms with Gasteiger partial charge in [0, 0.05) is 3.57 Å². The van der Waals surface area contributed by atoms with Gasteiger partial charge in [-0.25, -0.2) is 0 Å². The molecule has 0 aliphatic heterocycles. The largest absolute Gasteiger partial charge is 0.496 e. The lowest BCUT2D eigenvalue weighted by Gasteiger charge is -2.06. The van der Waals surface area contributed by atoms with Gasteiger partial charge in [0.1, 0.15) is 12.9 Å². The van der Waals surface area contributed by atoms with E-state index in [1.807, 2.05) is 18.2 Å².